The Morgan fingerprint density at radius 3 is 2.38 bits per heavy atom. The quantitative estimate of drug-likeness (QED) is 0.780. The first-order valence-electron chi connectivity index (χ1n) is 8.08. The summed E-state index contributed by atoms with van der Waals surface area (Å²) < 4.78 is 38.8. The van der Waals surface area contributed by atoms with E-state index in [0.29, 0.717) is 0 Å². The maximum absolute atomic E-state index is 12.8. The van der Waals surface area contributed by atoms with Gasteiger partial charge in [-0.2, -0.15) is 0 Å². The second kappa shape index (κ2) is 8.73. The molecule has 26 heavy (non-hydrogen) atoms. The fourth-order valence-electron chi connectivity index (χ4n) is 3.12. The Kier molecular flexibility index (Phi) is 6.88. The van der Waals surface area contributed by atoms with E-state index in [0.717, 1.165) is 18.5 Å². The smallest absolute Gasteiger partial charge is 0.248 e. The van der Waals surface area contributed by atoms with Crippen LogP contribution in [-0.4, -0.2) is 35.7 Å². The highest BCUT2D eigenvalue weighted by Crippen LogP contribution is 2.33. The van der Waals surface area contributed by atoms with Crippen LogP contribution in [0.1, 0.15) is 17.2 Å². The number of fused-ring (bicyclic) bond motifs is 1. The molecule has 3 rings (SSSR count). The minimum Gasteiger partial charge on any atom is -0.495 e. The fraction of sp³-hybridized carbons (Fsp3) is 0.333. The van der Waals surface area contributed by atoms with Gasteiger partial charge in [-0.25, -0.2) is 13.1 Å². The molecule has 2 N–H and O–H groups in total. The summed E-state index contributed by atoms with van der Waals surface area (Å²) in [6.07, 6.45) is 0.944. The number of methoxy groups -OCH3 is 2. The van der Waals surface area contributed by atoms with E-state index in [1.165, 1.54) is 19.8 Å². The van der Waals surface area contributed by atoms with Crippen LogP contribution in [0.25, 0.3) is 0 Å². The number of rotatable bonds is 6. The van der Waals surface area contributed by atoms with Crippen molar-refractivity contribution in [1.82, 2.24) is 10.0 Å². The number of benzene rings is 2. The van der Waals surface area contributed by atoms with Crippen molar-refractivity contribution >= 4 is 22.4 Å². The molecule has 0 fully saturated rings. The normalized spacial score (nSPS) is 16.3. The lowest BCUT2D eigenvalue weighted by Crippen LogP contribution is -2.39. The third-order valence-corrected chi connectivity index (χ3v) is 5.83. The van der Waals surface area contributed by atoms with Crippen LogP contribution in [0, 0.1) is 0 Å². The highest BCUT2D eigenvalue weighted by atomic mass is 35.5. The van der Waals surface area contributed by atoms with Crippen LogP contribution in [0.15, 0.2) is 47.4 Å². The van der Waals surface area contributed by atoms with E-state index in [1.807, 2.05) is 18.2 Å². The molecule has 0 radical (unpaired) electrons. The highest BCUT2D eigenvalue weighted by molar-refractivity contribution is 7.89. The van der Waals surface area contributed by atoms with Crippen molar-refractivity contribution in [2.24, 2.45) is 0 Å². The molecular formula is C18H23ClN2O4S. The standard InChI is InChI=1S/C18H22N2O4S.ClH/c1-23-16-8-5-9-17(24-2)18(16)25(21,22)20-12-15-14-7-4-3-6-13(14)10-11-19-15;/h3-9,15,19-20H,10-12H2,1-2H3;1H. The van der Waals surface area contributed by atoms with E-state index < -0.39 is 10.0 Å². The number of ether oxygens (including phenoxy) is 2. The molecule has 142 valence electrons. The molecule has 6 nitrogen and oxygen atoms in total. The van der Waals surface area contributed by atoms with Gasteiger partial charge >= 0.3 is 0 Å². The maximum atomic E-state index is 12.8. The molecule has 2 aromatic carbocycles. The lowest BCUT2D eigenvalue weighted by Gasteiger charge is -2.27. The molecule has 0 saturated heterocycles. The van der Waals surface area contributed by atoms with Crippen LogP contribution < -0.4 is 19.5 Å². The summed E-state index contributed by atoms with van der Waals surface area (Å²) in [5.74, 6) is 0.507. The molecule has 0 spiro atoms. The zero-order valence-electron chi connectivity index (χ0n) is 14.7. The third kappa shape index (κ3) is 4.12. The largest absolute Gasteiger partial charge is 0.495 e. The molecule has 1 aliphatic heterocycles. The predicted octanol–water partition coefficient (Wildman–Crippen LogP) is 2.29. The van der Waals surface area contributed by atoms with Crippen LogP contribution in [0.5, 0.6) is 11.5 Å². The molecule has 0 saturated carbocycles. The van der Waals surface area contributed by atoms with Crippen LogP contribution in [0.4, 0.5) is 0 Å². The molecular weight excluding hydrogens is 376 g/mol. The summed E-state index contributed by atoms with van der Waals surface area (Å²) in [6, 6.07) is 12.9. The van der Waals surface area contributed by atoms with E-state index in [2.05, 4.69) is 16.1 Å². The maximum Gasteiger partial charge on any atom is 0.248 e. The predicted molar refractivity (Wildman–Crippen MR) is 103 cm³/mol. The number of hydrogen-bond acceptors (Lipinski definition) is 5. The second-order valence-corrected chi connectivity index (χ2v) is 7.50. The number of sulfonamides is 1. The van der Waals surface area contributed by atoms with Crippen LogP contribution in [0.3, 0.4) is 0 Å². The van der Waals surface area contributed by atoms with Gasteiger partial charge in [0.05, 0.1) is 14.2 Å². The van der Waals surface area contributed by atoms with Crippen molar-refractivity contribution in [3.63, 3.8) is 0 Å². The van der Waals surface area contributed by atoms with Gasteiger partial charge in [0.25, 0.3) is 0 Å². The molecule has 0 bridgehead atoms. The Hall–Kier alpha value is -1.80. The summed E-state index contributed by atoms with van der Waals surface area (Å²) in [5.41, 5.74) is 2.38. The first-order valence-corrected chi connectivity index (χ1v) is 9.57. The van der Waals surface area contributed by atoms with Crippen molar-refractivity contribution in [2.45, 2.75) is 17.4 Å². The molecule has 0 aromatic heterocycles. The van der Waals surface area contributed by atoms with Gasteiger partial charge in [-0.1, -0.05) is 30.3 Å². The van der Waals surface area contributed by atoms with Crippen LogP contribution >= 0.6 is 12.4 Å². The van der Waals surface area contributed by atoms with Crippen LogP contribution in [-0.2, 0) is 16.4 Å². The summed E-state index contributed by atoms with van der Waals surface area (Å²) in [4.78, 5) is 0.0177. The highest BCUT2D eigenvalue weighted by Gasteiger charge is 2.27. The Balaban J connectivity index is 0.00000243. The average molecular weight is 399 g/mol. The zero-order chi connectivity index (χ0) is 17.9. The summed E-state index contributed by atoms with van der Waals surface area (Å²) in [7, 11) is -0.913. The topological polar surface area (TPSA) is 76.7 Å². The Morgan fingerprint density at radius 1 is 1.08 bits per heavy atom. The van der Waals surface area contributed by atoms with Gasteiger partial charge in [-0.3, -0.25) is 0 Å². The monoisotopic (exact) mass is 398 g/mol. The van der Waals surface area contributed by atoms with E-state index in [1.54, 1.807) is 18.2 Å². The molecule has 0 amide bonds. The van der Waals surface area contributed by atoms with Crippen molar-refractivity contribution in [3.8, 4) is 11.5 Å². The lowest BCUT2D eigenvalue weighted by atomic mass is 9.95. The van der Waals surface area contributed by atoms with E-state index in [-0.39, 0.29) is 41.4 Å². The van der Waals surface area contributed by atoms with Gasteiger partial charge in [-0.05, 0) is 36.2 Å². The third-order valence-electron chi connectivity index (χ3n) is 4.34. The SMILES string of the molecule is COc1cccc(OC)c1S(=O)(=O)NCC1NCCc2ccccc21.Cl. The van der Waals surface area contributed by atoms with E-state index in [4.69, 9.17) is 9.47 Å². The minimum atomic E-state index is -3.79. The second-order valence-electron chi connectivity index (χ2n) is 5.80. The van der Waals surface area contributed by atoms with Gasteiger partial charge in [0.2, 0.25) is 10.0 Å². The fourth-order valence-corrected chi connectivity index (χ4v) is 4.49. The average Bonchev–Trinajstić information content (AvgIpc) is 2.65. The van der Waals surface area contributed by atoms with Gasteiger partial charge in [0, 0.05) is 12.6 Å². The first-order chi connectivity index (χ1) is 12.1. The molecule has 2 aromatic rings. The number of hydrogen-bond donors (Lipinski definition) is 2. The number of nitrogens with one attached hydrogen (secondary N) is 2. The molecule has 1 aliphatic rings. The molecule has 0 aliphatic carbocycles. The molecule has 8 heteroatoms. The Labute approximate surface area is 160 Å². The van der Waals surface area contributed by atoms with Crippen molar-refractivity contribution in [1.29, 1.82) is 0 Å². The Morgan fingerprint density at radius 2 is 1.73 bits per heavy atom. The molecule has 1 atom stereocenters. The van der Waals surface area contributed by atoms with E-state index in [9.17, 15) is 8.42 Å². The molecule has 1 heterocycles. The van der Waals surface area contributed by atoms with Gasteiger partial charge < -0.3 is 14.8 Å². The van der Waals surface area contributed by atoms with Gasteiger partial charge in [-0.15, -0.1) is 12.4 Å². The van der Waals surface area contributed by atoms with Crippen molar-refractivity contribution in [3.05, 3.63) is 53.6 Å². The van der Waals surface area contributed by atoms with Gasteiger partial charge in [0.1, 0.15) is 11.5 Å². The lowest BCUT2D eigenvalue weighted by molar-refractivity contribution is 0.372. The van der Waals surface area contributed by atoms with E-state index >= 15 is 0 Å². The summed E-state index contributed by atoms with van der Waals surface area (Å²) in [6.45, 7) is 1.07. The number of halogens is 1. The molecule has 1 unspecified atom stereocenters. The van der Waals surface area contributed by atoms with Gasteiger partial charge in [0.15, 0.2) is 4.90 Å². The zero-order valence-corrected chi connectivity index (χ0v) is 16.3. The minimum absolute atomic E-state index is 0. The van der Waals surface area contributed by atoms with Crippen molar-refractivity contribution < 1.29 is 17.9 Å². The Bertz CT molecular complexity index is 836. The summed E-state index contributed by atoms with van der Waals surface area (Å²) in [5, 5.41) is 3.37. The van der Waals surface area contributed by atoms with Crippen molar-refractivity contribution in [2.75, 3.05) is 27.3 Å². The first kappa shape index (κ1) is 20.5. The summed E-state index contributed by atoms with van der Waals surface area (Å²) >= 11 is 0. The van der Waals surface area contributed by atoms with Crippen LogP contribution in [0.2, 0.25) is 0 Å².